The van der Waals surface area contributed by atoms with Crippen LogP contribution in [0.2, 0.25) is 19.6 Å². The van der Waals surface area contributed by atoms with Gasteiger partial charge in [-0.15, -0.1) is 0 Å². The monoisotopic (exact) mass is 192 g/mol. The zero-order valence-corrected chi connectivity index (χ0v) is 9.72. The number of ketones is 1. The first-order chi connectivity index (χ1) is 5.93. The van der Waals surface area contributed by atoms with Gasteiger partial charge in [0.15, 0.2) is 5.78 Å². The summed E-state index contributed by atoms with van der Waals surface area (Å²) >= 11 is 0. The third kappa shape index (κ3) is 2.28. The molecule has 0 saturated heterocycles. The first kappa shape index (κ1) is 10.2. The van der Waals surface area contributed by atoms with E-state index in [1.807, 2.05) is 18.2 Å². The Balaban J connectivity index is 3.28. The molecule has 0 radical (unpaired) electrons. The van der Waals surface area contributed by atoms with E-state index in [1.165, 1.54) is 5.19 Å². The number of hydrogen-bond donors (Lipinski definition) is 0. The van der Waals surface area contributed by atoms with Crippen LogP contribution in [0.15, 0.2) is 24.3 Å². The number of hydrogen-bond acceptors (Lipinski definition) is 1. The maximum Gasteiger partial charge on any atom is 0.159 e. The van der Waals surface area contributed by atoms with Crippen LogP contribution in [0.1, 0.15) is 17.3 Å². The summed E-state index contributed by atoms with van der Waals surface area (Å²) in [6.07, 6.45) is 0. The molecular formula is C11H16OSi. The average molecular weight is 192 g/mol. The van der Waals surface area contributed by atoms with E-state index in [9.17, 15) is 4.79 Å². The molecule has 0 atom stereocenters. The highest BCUT2D eigenvalue weighted by Gasteiger charge is 2.20. The summed E-state index contributed by atoms with van der Waals surface area (Å²) < 4.78 is 0. The fourth-order valence-corrected chi connectivity index (χ4v) is 3.11. The van der Waals surface area contributed by atoms with Gasteiger partial charge < -0.3 is 0 Å². The van der Waals surface area contributed by atoms with Gasteiger partial charge in [-0.25, -0.2) is 0 Å². The zero-order valence-electron chi connectivity index (χ0n) is 8.72. The minimum atomic E-state index is -1.36. The Morgan fingerprint density at radius 2 is 1.69 bits per heavy atom. The van der Waals surface area contributed by atoms with Crippen molar-refractivity contribution in [2.45, 2.75) is 26.6 Å². The molecule has 0 aliphatic rings. The molecule has 0 aliphatic carbocycles. The second kappa shape index (κ2) is 3.46. The zero-order chi connectivity index (χ0) is 10.1. The van der Waals surface area contributed by atoms with Crippen molar-refractivity contribution in [1.82, 2.24) is 0 Å². The van der Waals surface area contributed by atoms with Crippen molar-refractivity contribution in [3.63, 3.8) is 0 Å². The summed E-state index contributed by atoms with van der Waals surface area (Å²) in [5, 5.41) is 1.27. The van der Waals surface area contributed by atoms with E-state index in [-0.39, 0.29) is 5.78 Å². The van der Waals surface area contributed by atoms with Gasteiger partial charge >= 0.3 is 0 Å². The van der Waals surface area contributed by atoms with Gasteiger partial charge in [-0.3, -0.25) is 4.79 Å². The van der Waals surface area contributed by atoms with Crippen molar-refractivity contribution < 1.29 is 4.79 Å². The first-order valence-electron chi connectivity index (χ1n) is 4.53. The predicted molar refractivity (Wildman–Crippen MR) is 59.4 cm³/mol. The van der Waals surface area contributed by atoms with Crippen molar-refractivity contribution in [2.24, 2.45) is 0 Å². The molecule has 0 unspecified atom stereocenters. The maximum atomic E-state index is 11.3. The molecule has 0 saturated carbocycles. The Bertz CT molecular complexity index is 323. The smallest absolute Gasteiger partial charge is 0.159 e. The fourth-order valence-electron chi connectivity index (χ4n) is 1.44. The van der Waals surface area contributed by atoms with Gasteiger partial charge in [-0.2, -0.15) is 0 Å². The van der Waals surface area contributed by atoms with Gasteiger partial charge in [0.1, 0.15) is 0 Å². The molecular weight excluding hydrogens is 176 g/mol. The van der Waals surface area contributed by atoms with Gasteiger partial charge in [0.25, 0.3) is 0 Å². The fraction of sp³-hybridized carbons (Fsp3) is 0.364. The van der Waals surface area contributed by atoms with Crippen LogP contribution in [0.5, 0.6) is 0 Å². The number of benzene rings is 1. The Hall–Kier alpha value is -0.893. The maximum absolute atomic E-state index is 11.3. The summed E-state index contributed by atoms with van der Waals surface area (Å²) in [6, 6.07) is 7.96. The minimum Gasteiger partial charge on any atom is -0.295 e. The van der Waals surface area contributed by atoms with E-state index < -0.39 is 8.07 Å². The largest absolute Gasteiger partial charge is 0.295 e. The van der Waals surface area contributed by atoms with Crippen molar-refractivity contribution in [1.29, 1.82) is 0 Å². The van der Waals surface area contributed by atoms with Crippen LogP contribution >= 0.6 is 0 Å². The molecule has 70 valence electrons. The summed E-state index contributed by atoms with van der Waals surface area (Å²) in [7, 11) is -1.36. The van der Waals surface area contributed by atoms with Crippen LogP contribution in [-0.4, -0.2) is 13.9 Å². The van der Waals surface area contributed by atoms with E-state index in [4.69, 9.17) is 0 Å². The highest BCUT2D eigenvalue weighted by atomic mass is 28.3. The first-order valence-corrected chi connectivity index (χ1v) is 8.03. The minimum absolute atomic E-state index is 0.179. The Morgan fingerprint density at radius 1 is 1.15 bits per heavy atom. The molecule has 0 heterocycles. The molecule has 0 aromatic heterocycles. The molecule has 0 aliphatic heterocycles. The molecule has 0 amide bonds. The lowest BCUT2D eigenvalue weighted by Crippen LogP contribution is -2.40. The van der Waals surface area contributed by atoms with E-state index in [1.54, 1.807) is 6.92 Å². The van der Waals surface area contributed by atoms with Gasteiger partial charge in [0.2, 0.25) is 0 Å². The summed E-state index contributed by atoms with van der Waals surface area (Å²) in [5.41, 5.74) is 0.904. The summed E-state index contributed by atoms with van der Waals surface area (Å²) in [6.45, 7) is 8.41. The molecule has 1 aromatic carbocycles. The van der Waals surface area contributed by atoms with Gasteiger partial charge in [0.05, 0.1) is 8.07 Å². The number of carbonyl (C=O) groups is 1. The van der Waals surface area contributed by atoms with Crippen molar-refractivity contribution in [2.75, 3.05) is 0 Å². The lowest BCUT2D eigenvalue weighted by molar-refractivity contribution is 0.101. The standard InChI is InChI=1S/C11H16OSi/c1-9(12)10-7-5-6-8-11(10)13(2,3)4/h5-8H,1-4H3. The normalized spacial score (nSPS) is 11.4. The lowest BCUT2D eigenvalue weighted by atomic mass is 10.1. The number of carbonyl (C=O) groups excluding carboxylic acids is 1. The van der Waals surface area contributed by atoms with E-state index in [0.29, 0.717) is 0 Å². The number of rotatable bonds is 2. The van der Waals surface area contributed by atoms with Gasteiger partial charge in [-0.1, -0.05) is 43.9 Å². The third-order valence-electron chi connectivity index (χ3n) is 2.11. The van der Waals surface area contributed by atoms with Crippen LogP contribution < -0.4 is 5.19 Å². The second-order valence-corrected chi connectivity index (χ2v) is 9.39. The third-order valence-corrected chi connectivity index (χ3v) is 4.17. The molecule has 0 spiro atoms. The highest BCUT2D eigenvalue weighted by Crippen LogP contribution is 2.07. The molecule has 1 nitrogen and oxygen atoms in total. The SMILES string of the molecule is CC(=O)c1ccccc1[Si](C)(C)C. The predicted octanol–water partition coefficient (Wildman–Crippen LogP) is 2.43. The van der Waals surface area contributed by atoms with Gasteiger partial charge in [0, 0.05) is 5.56 Å². The van der Waals surface area contributed by atoms with E-state index >= 15 is 0 Å². The Labute approximate surface area is 80.8 Å². The van der Waals surface area contributed by atoms with Crippen molar-refractivity contribution >= 4 is 19.0 Å². The van der Waals surface area contributed by atoms with Crippen LogP contribution in [0.3, 0.4) is 0 Å². The van der Waals surface area contributed by atoms with E-state index in [0.717, 1.165) is 5.56 Å². The second-order valence-electron chi connectivity index (χ2n) is 4.35. The Kier molecular flexibility index (Phi) is 2.71. The lowest BCUT2D eigenvalue weighted by Gasteiger charge is -2.19. The van der Waals surface area contributed by atoms with Gasteiger partial charge in [-0.05, 0) is 12.1 Å². The molecule has 0 bridgehead atoms. The summed E-state index contributed by atoms with van der Waals surface area (Å²) in [4.78, 5) is 11.3. The number of Topliss-reactive ketones (excluding diaryl/α,β-unsaturated/α-hetero) is 1. The molecule has 0 N–H and O–H groups in total. The average Bonchev–Trinajstić information content (AvgIpc) is 2.03. The van der Waals surface area contributed by atoms with Crippen LogP contribution in [0, 0.1) is 0 Å². The Morgan fingerprint density at radius 3 is 2.08 bits per heavy atom. The molecule has 2 heteroatoms. The highest BCUT2D eigenvalue weighted by molar-refractivity contribution is 6.89. The molecule has 0 fully saturated rings. The van der Waals surface area contributed by atoms with Crippen LogP contribution in [0.4, 0.5) is 0 Å². The van der Waals surface area contributed by atoms with E-state index in [2.05, 4.69) is 25.7 Å². The molecule has 13 heavy (non-hydrogen) atoms. The summed E-state index contributed by atoms with van der Waals surface area (Å²) in [5.74, 6) is 0.179. The van der Waals surface area contributed by atoms with Crippen LogP contribution in [-0.2, 0) is 0 Å². The topological polar surface area (TPSA) is 17.1 Å². The van der Waals surface area contributed by atoms with Crippen molar-refractivity contribution in [3.05, 3.63) is 29.8 Å². The van der Waals surface area contributed by atoms with Crippen molar-refractivity contribution in [3.8, 4) is 0 Å². The molecule has 1 aromatic rings. The quantitative estimate of drug-likeness (QED) is 0.519. The molecule has 1 rings (SSSR count). The van der Waals surface area contributed by atoms with Crippen LogP contribution in [0.25, 0.3) is 0 Å².